The molecule has 1 heterocycles. The molecule has 6 nitrogen and oxygen atoms in total. The zero-order chi connectivity index (χ0) is 19.4. The van der Waals surface area contributed by atoms with Crippen molar-refractivity contribution in [2.75, 3.05) is 14.2 Å². The van der Waals surface area contributed by atoms with Gasteiger partial charge in [0, 0.05) is 10.4 Å². The number of nitrogens with one attached hydrogen (secondary N) is 2. The number of hydrogen-bond donors (Lipinski definition) is 2. The first-order valence-corrected chi connectivity index (χ1v) is 10.3. The molecule has 3 rings (SSSR count). The number of aryl methyl sites for hydroxylation is 2. The molecule has 1 aromatic carbocycles. The van der Waals surface area contributed by atoms with Gasteiger partial charge in [0.05, 0.1) is 19.1 Å². The molecule has 144 valence electrons. The highest BCUT2D eigenvalue weighted by Gasteiger charge is 2.18. The predicted molar refractivity (Wildman–Crippen MR) is 108 cm³/mol. The lowest BCUT2D eigenvalue weighted by Gasteiger charge is -2.12. The van der Waals surface area contributed by atoms with Gasteiger partial charge in [-0.2, -0.15) is 0 Å². The first-order valence-electron chi connectivity index (χ1n) is 8.67. The molecule has 0 fully saturated rings. The molecule has 8 heteroatoms. The SMILES string of the molecule is COc1cc(C(=O)NNC(=O)c2cc3c(s2)CCCCC3)cc(OC)c1Br. The van der Waals surface area contributed by atoms with Gasteiger partial charge in [0.25, 0.3) is 11.8 Å². The van der Waals surface area contributed by atoms with E-state index in [9.17, 15) is 9.59 Å². The Kier molecular flexibility index (Phi) is 6.38. The molecule has 2 amide bonds. The van der Waals surface area contributed by atoms with Crippen LogP contribution in [-0.2, 0) is 12.8 Å². The van der Waals surface area contributed by atoms with Crippen molar-refractivity contribution < 1.29 is 19.1 Å². The summed E-state index contributed by atoms with van der Waals surface area (Å²) in [7, 11) is 3.01. The van der Waals surface area contributed by atoms with Crippen molar-refractivity contribution >= 4 is 39.1 Å². The summed E-state index contributed by atoms with van der Waals surface area (Å²) >= 11 is 4.87. The van der Waals surface area contributed by atoms with Crippen molar-refractivity contribution in [1.29, 1.82) is 0 Å². The molecular formula is C19H21BrN2O4S. The average molecular weight is 453 g/mol. The number of halogens is 1. The molecule has 1 aliphatic carbocycles. The summed E-state index contributed by atoms with van der Waals surface area (Å²) in [5.74, 6) is 0.170. The molecule has 0 radical (unpaired) electrons. The van der Waals surface area contributed by atoms with E-state index in [-0.39, 0.29) is 5.91 Å². The van der Waals surface area contributed by atoms with Gasteiger partial charge in [0.1, 0.15) is 16.0 Å². The highest BCUT2D eigenvalue weighted by molar-refractivity contribution is 9.10. The van der Waals surface area contributed by atoms with Crippen LogP contribution in [0.2, 0.25) is 0 Å². The summed E-state index contributed by atoms with van der Waals surface area (Å²) in [5, 5.41) is 0. The van der Waals surface area contributed by atoms with Crippen LogP contribution in [0.5, 0.6) is 11.5 Å². The number of hydrazine groups is 1. The third kappa shape index (κ3) is 4.44. The van der Waals surface area contributed by atoms with Crippen LogP contribution >= 0.6 is 27.3 Å². The zero-order valence-electron chi connectivity index (χ0n) is 15.2. The molecule has 1 aromatic heterocycles. The molecule has 27 heavy (non-hydrogen) atoms. The minimum atomic E-state index is -0.453. The second-order valence-corrected chi connectivity index (χ2v) is 8.15. The van der Waals surface area contributed by atoms with Gasteiger partial charge in [-0.3, -0.25) is 20.4 Å². The van der Waals surface area contributed by atoms with Crippen LogP contribution in [0.25, 0.3) is 0 Å². The average Bonchev–Trinajstić information content (AvgIpc) is 2.96. The molecular weight excluding hydrogens is 432 g/mol. The van der Waals surface area contributed by atoms with Crippen LogP contribution in [0, 0.1) is 0 Å². The number of ether oxygens (including phenoxy) is 2. The van der Waals surface area contributed by atoms with Crippen LogP contribution in [0.1, 0.15) is 49.7 Å². The van der Waals surface area contributed by atoms with Gasteiger partial charge in [-0.1, -0.05) is 6.42 Å². The Bertz CT molecular complexity index is 817. The number of rotatable bonds is 4. The van der Waals surface area contributed by atoms with E-state index in [1.54, 1.807) is 12.1 Å². The predicted octanol–water partition coefficient (Wildman–Crippen LogP) is 3.87. The molecule has 0 saturated carbocycles. The van der Waals surface area contributed by atoms with Gasteiger partial charge in [0.2, 0.25) is 0 Å². The Morgan fingerprint density at radius 3 is 2.26 bits per heavy atom. The fourth-order valence-corrected chi connectivity index (χ4v) is 4.73. The number of carbonyl (C=O) groups is 2. The summed E-state index contributed by atoms with van der Waals surface area (Å²) in [5.41, 5.74) is 6.52. The minimum absolute atomic E-state index is 0.308. The second kappa shape index (κ2) is 8.75. The Balaban J connectivity index is 1.68. The lowest BCUT2D eigenvalue weighted by Crippen LogP contribution is -2.41. The van der Waals surface area contributed by atoms with Gasteiger partial charge >= 0.3 is 0 Å². The van der Waals surface area contributed by atoms with E-state index >= 15 is 0 Å². The second-order valence-electron chi connectivity index (χ2n) is 6.22. The zero-order valence-corrected chi connectivity index (χ0v) is 17.6. The van der Waals surface area contributed by atoms with E-state index in [0.29, 0.717) is 26.4 Å². The van der Waals surface area contributed by atoms with Gasteiger partial charge in [0.15, 0.2) is 0 Å². The lowest BCUT2D eigenvalue weighted by atomic mass is 10.1. The fourth-order valence-electron chi connectivity index (χ4n) is 3.03. The fraction of sp³-hybridized carbons (Fsp3) is 0.368. The first-order chi connectivity index (χ1) is 13.0. The number of amides is 2. The first kappa shape index (κ1) is 19.7. The van der Waals surface area contributed by atoms with E-state index in [2.05, 4.69) is 26.8 Å². The maximum absolute atomic E-state index is 12.4. The molecule has 0 saturated heterocycles. The number of carbonyl (C=O) groups excluding carboxylic acids is 2. The highest BCUT2D eigenvalue weighted by Crippen LogP contribution is 2.35. The Labute approximate surface area is 170 Å². The van der Waals surface area contributed by atoms with Gasteiger partial charge < -0.3 is 9.47 Å². The monoisotopic (exact) mass is 452 g/mol. The molecule has 1 aliphatic rings. The molecule has 2 aromatic rings. The Hall–Kier alpha value is -2.06. The number of benzene rings is 1. The lowest BCUT2D eigenvalue weighted by molar-refractivity contribution is 0.0848. The summed E-state index contributed by atoms with van der Waals surface area (Å²) < 4.78 is 11.1. The van der Waals surface area contributed by atoms with E-state index in [1.807, 2.05) is 6.07 Å². The normalized spacial score (nSPS) is 13.3. The molecule has 0 bridgehead atoms. The van der Waals surface area contributed by atoms with E-state index in [0.717, 1.165) is 19.3 Å². The van der Waals surface area contributed by atoms with Crippen molar-refractivity contribution in [3.05, 3.63) is 43.6 Å². The van der Waals surface area contributed by atoms with Crippen molar-refractivity contribution in [3.8, 4) is 11.5 Å². The van der Waals surface area contributed by atoms with Crippen molar-refractivity contribution in [2.24, 2.45) is 0 Å². The number of hydrogen-bond acceptors (Lipinski definition) is 5. The van der Waals surface area contributed by atoms with Crippen LogP contribution in [0.3, 0.4) is 0 Å². The van der Waals surface area contributed by atoms with Gasteiger partial charge in [-0.15, -0.1) is 11.3 Å². The minimum Gasteiger partial charge on any atom is -0.495 e. The third-order valence-corrected chi connectivity index (χ3v) is 6.49. The van der Waals surface area contributed by atoms with Crippen molar-refractivity contribution in [2.45, 2.75) is 32.1 Å². The Morgan fingerprint density at radius 1 is 0.963 bits per heavy atom. The number of fused-ring (bicyclic) bond motifs is 1. The largest absolute Gasteiger partial charge is 0.495 e. The standard InChI is InChI=1S/C19H21BrN2O4S/c1-25-13-8-12(9-14(26-2)17(13)20)18(23)21-22-19(24)16-10-11-6-4-3-5-7-15(11)27-16/h8-10H,3-7H2,1-2H3,(H,21,23)(H,22,24). The van der Waals surface area contributed by atoms with Crippen LogP contribution in [0.15, 0.2) is 22.7 Å². The maximum atomic E-state index is 12.4. The summed E-state index contributed by atoms with van der Waals surface area (Å²) in [6, 6.07) is 5.08. The van der Waals surface area contributed by atoms with Crippen LogP contribution < -0.4 is 20.3 Å². The molecule has 2 N–H and O–H groups in total. The Morgan fingerprint density at radius 2 is 1.59 bits per heavy atom. The maximum Gasteiger partial charge on any atom is 0.279 e. The topological polar surface area (TPSA) is 76.7 Å². The van der Waals surface area contributed by atoms with Gasteiger partial charge in [-0.25, -0.2) is 0 Å². The molecule has 0 aliphatic heterocycles. The quantitative estimate of drug-likeness (QED) is 0.545. The van der Waals surface area contributed by atoms with E-state index < -0.39 is 5.91 Å². The highest BCUT2D eigenvalue weighted by atomic mass is 79.9. The smallest absolute Gasteiger partial charge is 0.279 e. The number of thiophene rings is 1. The molecule has 0 unspecified atom stereocenters. The van der Waals surface area contributed by atoms with Crippen LogP contribution in [0.4, 0.5) is 0 Å². The van der Waals surface area contributed by atoms with E-state index in [1.165, 1.54) is 48.8 Å². The third-order valence-electron chi connectivity index (χ3n) is 4.47. The van der Waals surface area contributed by atoms with Gasteiger partial charge in [-0.05, 0) is 65.4 Å². The summed E-state index contributed by atoms with van der Waals surface area (Å²) in [4.78, 5) is 26.7. The number of methoxy groups -OCH3 is 2. The summed E-state index contributed by atoms with van der Waals surface area (Å²) in [6.45, 7) is 0. The summed E-state index contributed by atoms with van der Waals surface area (Å²) in [6.07, 6.45) is 5.61. The molecule has 0 atom stereocenters. The van der Waals surface area contributed by atoms with Crippen molar-refractivity contribution in [3.63, 3.8) is 0 Å². The van der Waals surface area contributed by atoms with E-state index in [4.69, 9.17) is 9.47 Å². The molecule has 0 spiro atoms. The van der Waals surface area contributed by atoms with Crippen LogP contribution in [-0.4, -0.2) is 26.0 Å². The van der Waals surface area contributed by atoms with Crippen molar-refractivity contribution in [1.82, 2.24) is 10.9 Å².